The van der Waals surface area contributed by atoms with Gasteiger partial charge in [-0.05, 0) is 31.0 Å². The van der Waals surface area contributed by atoms with Crippen molar-refractivity contribution in [1.82, 2.24) is 14.9 Å². The third-order valence-electron chi connectivity index (χ3n) is 3.42. The Morgan fingerprint density at radius 3 is 3.11 bits per heavy atom. The van der Waals surface area contributed by atoms with Crippen LogP contribution in [0.4, 0.5) is 5.95 Å². The first-order chi connectivity index (χ1) is 8.63. The van der Waals surface area contributed by atoms with E-state index in [-0.39, 0.29) is 11.9 Å². The van der Waals surface area contributed by atoms with E-state index in [9.17, 15) is 4.79 Å². The lowest BCUT2D eigenvalue weighted by Gasteiger charge is -2.12. The Hall–Kier alpha value is -2.04. The van der Waals surface area contributed by atoms with Crippen LogP contribution in [0.3, 0.4) is 0 Å². The van der Waals surface area contributed by atoms with Crippen LogP contribution in [0.5, 0.6) is 0 Å². The zero-order valence-corrected chi connectivity index (χ0v) is 10.3. The maximum Gasteiger partial charge on any atom is 0.220 e. The molecule has 18 heavy (non-hydrogen) atoms. The van der Waals surface area contributed by atoms with Crippen LogP contribution < -0.4 is 11.1 Å². The van der Waals surface area contributed by atoms with E-state index in [1.807, 2.05) is 29.7 Å². The van der Waals surface area contributed by atoms with E-state index >= 15 is 0 Å². The van der Waals surface area contributed by atoms with Crippen molar-refractivity contribution in [3.05, 3.63) is 23.8 Å². The molecule has 5 heteroatoms. The molecule has 3 N–H and O–H groups in total. The molecule has 2 aromatic rings. The average molecular weight is 244 g/mol. The number of nitrogen functional groups attached to an aromatic ring is 1. The lowest BCUT2D eigenvalue weighted by atomic mass is 10.2. The van der Waals surface area contributed by atoms with E-state index in [0.29, 0.717) is 18.9 Å². The molecule has 1 aromatic heterocycles. The lowest BCUT2D eigenvalue weighted by molar-refractivity contribution is -0.119. The van der Waals surface area contributed by atoms with Gasteiger partial charge in [-0.2, -0.15) is 0 Å². The van der Waals surface area contributed by atoms with Crippen LogP contribution in [0.25, 0.3) is 11.0 Å². The highest BCUT2D eigenvalue weighted by Crippen LogP contribution is 2.21. The zero-order valence-electron chi connectivity index (χ0n) is 10.3. The molecule has 1 aromatic carbocycles. The Balaban J connectivity index is 1.96. The van der Waals surface area contributed by atoms with Gasteiger partial charge in [0, 0.05) is 19.0 Å². The SMILES string of the molecule is Cc1ccc2c(c1)nc(N)n2CC1CCC(=O)N1. The number of hydrogen-bond acceptors (Lipinski definition) is 3. The van der Waals surface area contributed by atoms with E-state index in [4.69, 9.17) is 5.73 Å². The Bertz CT molecular complexity index is 617. The number of carbonyl (C=O) groups excluding carboxylic acids is 1. The summed E-state index contributed by atoms with van der Waals surface area (Å²) < 4.78 is 1.98. The second-order valence-corrected chi connectivity index (χ2v) is 4.88. The topological polar surface area (TPSA) is 72.9 Å². The van der Waals surface area contributed by atoms with Crippen molar-refractivity contribution in [2.45, 2.75) is 32.4 Å². The fourth-order valence-electron chi connectivity index (χ4n) is 2.48. The standard InChI is InChI=1S/C13H16N4O/c1-8-2-4-11-10(6-8)16-13(14)17(11)7-9-3-5-12(18)15-9/h2,4,6,9H,3,5,7H2,1H3,(H2,14,16)(H,15,18). The van der Waals surface area contributed by atoms with Gasteiger partial charge in [0.05, 0.1) is 11.0 Å². The monoisotopic (exact) mass is 244 g/mol. The summed E-state index contributed by atoms with van der Waals surface area (Å²) in [5, 5.41) is 2.95. The summed E-state index contributed by atoms with van der Waals surface area (Å²) >= 11 is 0. The molecule has 1 aliphatic heterocycles. The summed E-state index contributed by atoms with van der Waals surface area (Å²) in [6, 6.07) is 6.27. The number of aryl methyl sites for hydroxylation is 1. The summed E-state index contributed by atoms with van der Waals surface area (Å²) in [5.74, 6) is 0.635. The highest BCUT2D eigenvalue weighted by atomic mass is 16.1. The van der Waals surface area contributed by atoms with Crippen molar-refractivity contribution in [2.24, 2.45) is 0 Å². The Labute approximate surface area is 105 Å². The molecule has 94 valence electrons. The van der Waals surface area contributed by atoms with E-state index in [2.05, 4.69) is 10.3 Å². The first-order valence-corrected chi connectivity index (χ1v) is 6.15. The van der Waals surface area contributed by atoms with Crippen LogP contribution >= 0.6 is 0 Å². The minimum atomic E-state index is 0.124. The largest absolute Gasteiger partial charge is 0.369 e. The summed E-state index contributed by atoms with van der Waals surface area (Å²) in [4.78, 5) is 15.6. The van der Waals surface area contributed by atoms with Crippen LogP contribution in [0.1, 0.15) is 18.4 Å². The van der Waals surface area contributed by atoms with Gasteiger partial charge in [-0.25, -0.2) is 4.98 Å². The second kappa shape index (κ2) is 4.01. The number of anilines is 1. The van der Waals surface area contributed by atoms with Crippen molar-refractivity contribution in [3.8, 4) is 0 Å². The molecular weight excluding hydrogens is 228 g/mol. The molecule has 1 amide bonds. The molecule has 1 fully saturated rings. The fourth-order valence-corrected chi connectivity index (χ4v) is 2.48. The minimum absolute atomic E-state index is 0.124. The van der Waals surface area contributed by atoms with Crippen LogP contribution in [0, 0.1) is 6.92 Å². The van der Waals surface area contributed by atoms with Crippen molar-refractivity contribution >= 4 is 22.9 Å². The Morgan fingerprint density at radius 1 is 1.56 bits per heavy atom. The number of nitrogens with two attached hydrogens (primary N) is 1. The molecule has 0 bridgehead atoms. The Morgan fingerprint density at radius 2 is 2.39 bits per heavy atom. The van der Waals surface area contributed by atoms with Crippen LogP contribution in [0.15, 0.2) is 18.2 Å². The van der Waals surface area contributed by atoms with Crippen LogP contribution in [-0.4, -0.2) is 21.5 Å². The number of carbonyl (C=O) groups is 1. The normalized spacial score (nSPS) is 19.4. The Kier molecular flexibility index (Phi) is 2.47. The highest BCUT2D eigenvalue weighted by Gasteiger charge is 2.22. The van der Waals surface area contributed by atoms with Gasteiger partial charge in [-0.1, -0.05) is 6.07 Å². The van der Waals surface area contributed by atoms with E-state index in [1.165, 1.54) is 5.56 Å². The van der Waals surface area contributed by atoms with E-state index < -0.39 is 0 Å². The minimum Gasteiger partial charge on any atom is -0.369 e. The van der Waals surface area contributed by atoms with Crippen molar-refractivity contribution in [1.29, 1.82) is 0 Å². The molecule has 0 radical (unpaired) electrons. The number of nitrogens with zero attached hydrogens (tertiary/aromatic N) is 2. The number of amides is 1. The van der Waals surface area contributed by atoms with Crippen LogP contribution in [0.2, 0.25) is 0 Å². The number of aromatic nitrogens is 2. The number of rotatable bonds is 2. The molecular formula is C13H16N4O. The third kappa shape index (κ3) is 1.81. The number of benzene rings is 1. The van der Waals surface area contributed by atoms with E-state index in [0.717, 1.165) is 17.5 Å². The van der Waals surface area contributed by atoms with Gasteiger partial charge in [0.1, 0.15) is 0 Å². The summed E-state index contributed by atoms with van der Waals surface area (Å²) in [7, 11) is 0. The van der Waals surface area contributed by atoms with Crippen LogP contribution in [-0.2, 0) is 11.3 Å². The van der Waals surface area contributed by atoms with Gasteiger partial charge in [0.25, 0.3) is 0 Å². The van der Waals surface area contributed by atoms with Gasteiger partial charge in [-0.3, -0.25) is 4.79 Å². The fraction of sp³-hybridized carbons (Fsp3) is 0.385. The van der Waals surface area contributed by atoms with Gasteiger partial charge in [-0.15, -0.1) is 0 Å². The van der Waals surface area contributed by atoms with Gasteiger partial charge >= 0.3 is 0 Å². The molecule has 0 aliphatic carbocycles. The molecule has 1 unspecified atom stereocenters. The number of hydrogen-bond donors (Lipinski definition) is 2. The molecule has 1 saturated heterocycles. The molecule has 0 saturated carbocycles. The predicted octanol–water partition coefficient (Wildman–Crippen LogP) is 1.21. The number of imidazole rings is 1. The van der Waals surface area contributed by atoms with Crippen molar-refractivity contribution in [2.75, 3.05) is 5.73 Å². The first-order valence-electron chi connectivity index (χ1n) is 6.15. The molecule has 1 aliphatic rings. The molecule has 5 nitrogen and oxygen atoms in total. The van der Waals surface area contributed by atoms with Gasteiger partial charge < -0.3 is 15.6 Å². The average Bonchev–Trinajstić information content (AvgIpc) is 2.84. The van der Waals surface area contributed by atoms with Gasteiger partial charge in [0.15, 0.2) is 0 Å². The number of fused-ring (bicyclic) bond motifs is 1. The first kappa shape index (κ1) is 11.1. The summed E-state index contributed by atoms with van der Waals surface area (Å²) in [6.07, 6.45) is 1.47. The smallest absolute Gasteiger partial charge is 0.220 e. The molecule has 1 atom stereocenters. The number of nitrogens with one attached hydrogen (secondary N) is 1. The lowest BCUT2D eigenvalue weighted by Crippen LogP contribution is -2.29. The molecule has 3 rings (SSSR count). The zero-order chi connectivity index (χ0) is 12.7. The maximum atomic E-state index is 11.2. The summed E-state index contributed by atoms with van der Waals surface area (Å²) in [6.45, 7) is 2.73. The molecule has 0 spiro atoms. The summed E-state index contributed by atoms with van der Waals surface area (Å²) in [5.41, 5.74) is 9.06. The molecule has 2 heterocycles. The highest BCUT2D eigenvalue weighted by molar-refractivity contribution is 5.80. The predicted molar refractivity (Wildman–Crippen MR) is 70.0 cm³/mol. The quantitative estimate of drug-likeness (QED) is 0.833. The van der Waals surface area contributed by atoms with Crippen molar-refractivity contribution < 1.29 is 4.79 Å². The second-order valence-electron chi connectivity index (χ2n) is 4.88. The van der Waals surface area contributed by atoms with Gasteiger partial charge in [0.2, 0.25) is 11.9 Å². The van der Waals surface area contributed by atoms with Crippen molar-refractivity contribution in [3.63, 3.8) is 0 Å². The van der Waals surface area contributed by atoms with E-state index in [1.54, 1.807) is 0 Å². The third-order valence-corrected chi connectivity index (χ3v) is 3.42. The maximum absolute atomic E-state index is 11.2.